The van der Waals surface area contributed by atoms with Gasteiger partial charge < -0.3 is 15.4 Å². The number of anilines is 1. The molecule has 1 fully saturated rings. The SMILES string of the molecule is CCC1(c2ccc(N)cc2)CCC(=O)NC1=O.CN(C)CCCC1(c2ccc(F)cc2)OCc2cc(C#N)ccc21. The zero-order chi connectivity index (χ0) is 29.6. The number of hydrogen-bond acceptors (Lipinski definition) is 6. The molecule has 2 amide bonds. The number of nitrogens with two attached hydrogens (primary N) is 1. The standard InChI is InChI=1S/C20H21FN2O.C13H16N2O2/c1-23(2)11-3-10-20(17-5-7-18(21)8-6-17)19-9-4-15(13-22)12-16(19)14-24-20;1-2-13(8-7-11(16)15-12(13)17)9-3-5-10(14)6-4-9/h4-9,12H,3,10-11,14H2,1-2H3;3-6H,2,7-8,14H2,1H3,(H,15,16,17). The topological polar surface area (TPSA) is 108 Å². The van der Waals surface area contributed by atoms with E-state index in [1.54, 1.807) is 24.3 Å². The summed E-state index contributed by atoms with van der Waals surface area (Å²) in [7, 11) is 4.10. The minimum Gasteiger partial charge on any atom is -0.399 e. The molecule has 41 heavy (non-hydrogen) atoms. The number of nitrogens with zero attached hydrogens (tertiary/aromatic N) is 2. The van der Waals surface area contributed by atoms with Crippen molar-refractivity contribution in [1.29, 1.82) is 5.26 Å². The van der Waals surface area contributed by atoms with Gasteiger partial charge in [0.1, 0.15) is 11.4 Å². The van der Waals surface area contributed by atoms with Crippen molar-refractivity contribution in [1.82, 2.24) is 10.2 Å². The van der Waals surface area contributed by atoms with Gasteiger partial charge in [-0.3, -0.25) is 14.9 Å². The van der Waals surface area contributed by atoms with Gasteiger partial charge in [-0.15, -0.1) is 0 Å². The molecule has 5 rings (SSSR count). The molecule has 1 saturated heterocycles. The molecule has 3 aromatic carbocycles. The Morgan fingerprint density at radius 3 is 2.34 bits per heavy atom. The van der Waals surface area contributed by atoms with Crippen LogP contribution in [0.3, 0.4) is 0 Å². The quantitative estimate of drug-likeness (QED) is 0.307. The van der Waals surface area contributed by atoms with Crippen LogP contribution in [0.5, 0.6) is 0 Å². The Morgan fingerprint density at radius 2 is 1.73 bits per heavy atom. The van der Waals surface area contributed by atoms with Crippen LogP contribution in [0.2, 0.25) is 0 Å². The fourth-order valence-electron chi connectivity index (χ4n) is 5.78. The molecule has 2 heterocycles. The van der Waals surface area contributed by atoms with E-state index < -0.39 is 11.0 Å². The molecule has 0 saturated carbocycles. The smallest absolute Gasteiger partial charge is 0.237 e. The van der Waals surface area contributed by atoms with Gasteiger partial charge in [-0.1, -0.05) is 37.3 Å². The summed E-state index contributed by atoms with van der Waals surface area (Å²) in [5, 5.41) is 11.5. The lowest BCUT2D eigenvalue weighted by atomic mass is 9.72. The number of amides is 2. The van der Waals surface area contributed by atoms with Gasteiger partial charge in [0.25, 0.3) is 0 Å². The predicted molar refractivity (Wildman–Crippen MR) is 156 cm³/mol. The Morgan fingerprint density at radius 1 is 1.05 bits per heavy atom. The average Bonchev–Trinajstić information content (AvgIpc) is 3.33. The van der Waals surface area contributed by atoms with E-state index in [0.717, 1.165) is 41.6 Å². The first kappa shape index (κ1) is 29.9. The lowest BCUT2D eigenvalue weighted by Crippen LogP contribution is -2.51. The number of carbonyl (C=O) groups excluding carboxylic acids is 2. The fourth-order valence-corrected chi connectivity index (χ4v) is 5.78. The second-order valence-corrected chi connectivity index (χ2v) is 10.9. The number of hydrogen-bond donors (Lipinski definition) is 2. The minimum atomic E-state index is -0.582. The molecule has 2 atom stereocenters. The number of nitriles is 1. The number of halogens is 1. The first-order valence-corrected chi connectivity index (χ1v) is 13.9. The van der Waals surface area contributed by atoms with Crippen molar-refractivity contribution in [2.75, 3.05) is 26.4 Å². The largest absolute Gasteiger partial charge is 0.399 e. The number of imide groups is 1. The number of benzene rings is 3. The second kappa shape index (κ2) is 12.6. The van der Waals surface area contributed by atoms with E-state index in [-0.39, 0.29) is 17.6 Å². The van der Waals surface area contributed by atoms with Crippen LogP contribution in [0, 0.1) is 17.1 Å². The number of rotatable bonds is 7. The van der Waals surface area contributed by atoms with E-state index in [9.17, 15) is 14.0 Å². The highest BCUT2D eigenvalue weighted by molar-refractivity contribution is 6.03. The van der Waals surface area contributed by atoms with E-state index in [0.29, 0.717) is 37.1 Å². The van der Waals surface area contributed by atoms with Crippen LogP contribution in [0.15, 0.2) is 66.7 Å². The molecule has 0 bridgehead atoms. The van der Waals surface area contributed by atoms with Crippen molar-refractivity contribution in [2.24, 2.45) is 0 Å². The summed E-state index contributed by atoms with van der Waals surface area (Å²) in [6.45, 7) is 3.40. The van der Waals surface area contributed by atoms with Crippen LogP contribution in [0.25, 0.3) is 0 Å². The van der Waals surface area contributed by atoms with Crippen molar-refractivity contribution in [3.63, 3.8) is 0 Å². The maximum Gasteiger partial charge on any atom is 0.237 e. The molecule has 2 unspecified atom stereocenters. The highest BCUT2D eigenvalue weighted by Gasteiger charge is 2.43. The normalized spacial score (nSPS) is 21.5. The third kappa shape index (κ3) is 6.32. The number of carbonyl (C=O) groups is 2. The van der Waals surface area contributed by atoms with Gasteiger partial charge in [0.15, 0.2) is 0 Å². The highest BCUT2D eigenvalue weighted by Crippen LogP contribution is 2.45. The van der Waals surface area contributed by atoms with Gasteiger partial charge in [-0.2, -0.15) is 5.26 Å². The van der Waals surface area contributed by atoms with Gasteiger partial charge in [0.05, 0.1) is 23.7 Å². The number of nitrogens with one attached hydrogen (secondary N) is 1. The zero-order valence-electron chi connectivity index (χ0n) is 23.9. The molecular formula is C33H37FN4O3. The molecule has 0 radical (unpaired) electrons. The summed E-state index contributed by atoms with van der Waals surface area (Å²) in [5.74, 6) is -0.629. The molecule has 0 aliphatic carbocycles. The highest BCUT2D eigenvalue weighted by atomic mass is 19.1. The Bertz CT molecular complexity index is 1430. The van der Waals surface area contributed by atoms with Crippen LogP contribution < -0.4 is 11.1 Å². The molecule has 0 spiro atoms. The molecule has 214 valence electrons. The molecule has 8 heteroatoms. The molecule has 3 N–H and O–H groups in total. The number of fused-ring (bicyclic) bond motifs is 1. The monoisotopic (exact) mass is 556 g/mol. The van der Waals surface area contributed by atoms with Crippen LogP contribution in [0.4, 0.5) is 10.1 Å². The van der Waals surface area contributed by atoms with Crippen LogP contribution >= 0.6 is 0 Å². The summed E-state index contributed by atoms with van der Waals surface area (Å²) in [4.78, 5) is 25.4. The first-order valence-electron chi connectivity index (χ1n) is 13.9. The molecule has 2 aliphatic heterocycles. The van der Waals surface area contributed by atoms with E-state index in [4.69, 9.17) is 15.7 Å². The number of ether oxygens (including phenoxy) is 1. The van der Waals surface area contributed by atoms with Crippen molar-refractivity contribution in [3.8, 4) is 6.07 Å². The predicted octanol–water partition coefficient (Wildman–Crippen LogP) is 5.17. The lowest BCUT2D eigenvalue weighted by Gasteiger charge is -2.34. The lowest BCUT2D eigenvalue weighted by molar-refractivity contribution is -0.138. The van der Waals surface area contributed by atoms with Crippen LogP contribution in [0.1, 0.15) is 66.8 Å². The molecular weight excluding hydrogens is 519 g/mol. The summed E-state index contributed by atoms with van der Waals surface area (Å²) >= 11 is 0. The average molecular weight is 557 g/mol. The molecule has 2 aliphatic rings. The van der Waals surface area contributed by atoms with Crippen LogP contribution in [-0.4, -0.2) is 37.4 Å². The second-order valence-electron chi connectivity index (χ2n) is 10.9. The Kier molecular flexibility index (Phi) is 9.21. The third-order valence-electron chi connectivity index (χ3n) is 8.12. The first-order chi connectivity index (χ1) is 19.6. The van der Waals surface area contributed by atoms with Gasteiger partial charge in [-0.05, 0) is 105 Å². The fraction of sp³-hybridized carbons (Fsp3) is 0.364. The summed E-state index contributed by atoms with van der Waals surface area (Å²) in [6, 6.07) is 21.8. The van der Waals surface area contributed by atoms with E-state index in [1.807, 2.05) is 51.4 Å². The maximum absolute atomic E-state index is 13.4. The van der Waals surface area contributed by atoms with Crippen molar-refractivity contribution < 1.29 is 18.7 Å². The number of piperidine rings is 1. The Labute approximate surface area is 241 Å². The van der Waals surface area contributed by atoms with E-state index in [2.05, 4.69) is 16.3 Å². The summed E-state index contributed by atoms with van der Waals surface area (Å²) in [6.07, 6.45) is 3.41. The number of nitrogen functional groups attached to an aromatic ring is 1. The van der Waals surface area contributed by atoms with Gasteiger partial charge in [0, 0.05) is 12.1 Å². The minimum absolute atomic E-state index is 0.186. The Balaban J connectivity index is 0.000000201. The molecule has 7 nitrogen and oxygen atoms in total. The van der Waals surface area contributed by atoms with E-state index in [1.165, 1.54) is 12.1 Å². The van der Waals surface area contributed by atoms with Crippen molar-refractivity contribution in [3.05, 3.63) is 100 Å². The summed E-state index contributed by atoms with van der Waals surface area (Å²) < 4.78 is 19.6. The van der Waals surface area contributed by atoms with Crippen molar-refractivity contribution >= 4 is 17.5 Å². The zero-order valence-corrected chi connectivity index (χ0v) is 23.9. The van der Waals surface area contributed by atoms with E-state index >= 15 is 0 Å². The summed E-state index contributed by atoms with van der Waals surface area (Å²) in [5.41, 5.74) is 9.84. The van der Waals surface area contributed by atoms with Gasteiger partial charge in [0.2, 0.25) is 11.8 Å². The van der Waals surface area contributed by atoms with Crippen molar-refractivity contribution in [2.45, 2.75) is 56.7 Å². The molecule has 3 aromatic rings. The van der Waals surface area contributed by atoms with Gasteiger partial charge >= 0.3 is 0 Å². The third-order valence-corrected chi connectivity index (χ3v) is 8.12. The van der Waals surface area contributed by atoms with Gasteiger partial charge in [-0.25, -0.2) is 4.39 Å². The molecule has 0 aromatic heterocycles. The maximum atomic E-state index is 13.4. The Hall–Kier alpha value is -4.06. The van der Waals surface area contributed by atoms with Crippen LogP contribution in [-0.2, 0) is 31.9 Å².